The molecule has 129 heavy (non-hydrogen) atoms. The fourth-order valence-electron chi connectivity index (χ4n) is 13.9. The molecule has 18 N–H and O–H groups in total. The minimum Gasteiger partial charge on any atom is -0.388 e. The first kappa shape index (κ1) is 111. The quantitative estimate of drug-likeness (QED) is 0.0203. The van der Waals surface area contributed by atoms with Crippen LogP contribution in [0.25, 0.3) is 0 Å². The second-order valence-corrected chi connectivity index (χ2v) is 58.3. The van der Waals surface area contributed by atoms with Gasteiger partial charge < -0.3 is 95.6 Å². The number of aliphatic hydroxyl groups excluding tert-OH is 10. The molecule has 5 aromatic rings. The van der Waals surface area contributed by atoms with Crippen molar-refractivity contribution in [2.75, 3.05) is 112 Å². The van der Waals surface area contributed by atoms with Crippen molar-refractivity contribution in [2.24, 2.45) is 0 Å². The second-order valence-electron chi connectivity index (χ2n) is 35.9. The van der Waals surface area contributed by atoms with Gasteiger partial charge in [0.2, 0.25) is 11.8 Å². The molecule has 5 aromatic heterocycles. The Morgan fingerprint density at radius 3 is 0.876 bits per heavy atom. The van der Waals surface area contributed by atoms with Crippen LogP contribution in [0.1, 0.15) is 112 Å². The summed E-state index contributed by atoms with van der Waals surface area (Å²) < 4.78 is 72.6. The fourth-order valence-corrected chi connectivity index (χ4v) is 19.1. The van der Waals surface area contributed by atoms with Gasteiger partial charge in [0.05, 0.1) is 53.8 Å². The number of nitrogens with zero attached hydrogens (tertiary/aromatic N) is 6. The van der Waals surface area contributed by atoms with Gasteiger partial charge in [-0.1, -0.05) is 6.92 Å². The van der Waals surface area contributed by atoms with Crippen LogP contribution >= 0.6 is 58.9 Å². The SMILES string of the molecule is C=P(C)(C)CC[C@H]1O[C@@H](n2cc(CC)c(=O)[nH]c2=S)[C@H](O)[C@@H]1O.C=P(C)(C)CC[C@H]1O[C@@H](n2cc(CN(C)C(=O)C(F)(F)F)c(=O)[nH]c2=O)[C@H](O)[C@@H]1O.C=P(C)(C)CC[C@H]1O[C@@H](n2cc(CNC(C)=O)c(=O)[nH]c2=O)[C@H](O)[C@@H]1O.C=P(C)(C)CC[C@H]1O[C@@H](n2cc(CNC(C)=O)c(=O)[nH]c2=S)[C@H](O)[C@@H]1O.C=P(C)(C)CC[C@H]1O[C@@H](n2cc(CNC)c(=O)[nH]c2=O)[C@H](O)[C@@H]1O. The van der Waals surface area contributed by atoms with E-state index in [1.807, 2.05) is 25.2 Å². The molecule has 10 heterocycles. The fraction of sp³-hybridized carbons (Fsp3) is 0.646. The van der Waals surface area contributed by atoms with Gasteiger partial charge in [0.25, 0.3) is 27.8 Å². The van der Waals surface area contributed by atoms with Gasteiger partial charge in [-0.3, -0.25) is 86.1 Å². The summed E-state index contributed by atoms with van der Waals surface area (Å²) in [6.07, 6.45) is 8.97. The van der Waals surface area contributed by atoms with Gasteiger partial charge in [-0.25, -0.2) is 14.4 Å². The number of aromatic nitrogens is 10. The summed E-state index contributed by atoms with van der Waals surface area (Å²) in [6.45, 7) is 18.1. The van der Waals surface area contributed by atoms with Crippen LogP contribution in [0.3, 0.4) is 0 Å². The zero-order valence-corrected chi connectivity index (χ0v) is 81.1. The lowest BCUT2D eigenvalue weighted by Crippen LogP contribution is -2.42. The molecule has 0 aliphatic carbocycles. The predicted molar refractivity (Wildman–Crippen MR) is 502 cm³/mol. The highest BCUT2D eigenvalue weighted by Gasteiger charge is 2.49. The van der Waals surface area contributed by atoms with Crippen molar-refractivity contribution in [2.45, 2.75) is 214 Å². The molecule has 40 nitrogen and oxygen atoms in total. The molecule has 0 saturated carbocycles. The van der Waals surface area contributed by atoms with Crippen LogP contribution in [0.4, 0.5) is 13.2 Å². The number of alkyl halides is 3. The van der Waals surface area contributed by atoms with E-state index in [9.17, 15) is 117 Å². The summed E-state index contributed by atoms with van der Waals surface area (Å²) in [5.74, 6) is -2.76. The monoisotopic (exact) mass is 1960 g/mol. The molecule has 20 atom stereocenters. The Hall–Kier alpha value is -6.70. The number of amides is 3. The van der Waals surface area contributed by atoms with Crippen LogP contribution in [0.15, 0.2) is 69.3 Å². The lowest BCUT2D eigenvalue weighted by atomic mass is 10.1. The van der Waals surface area contributed by atoms with Crippen molar-refractivity contribution < 1.29 is 102 Å². The number of nitrogens with one attached hydrogen (secondary N) is 8. The van der Waals surface area contributed by atoms with E-state index in [2.05, 4.69) is 121 Å². The number of hydrogen-bond donors (Lipinski definition) is 18. The first-order chi connectivity index (χ1) is 59.4. The number of halogens is 3. The lowest BCUT2D eigenvalue weighted by molar-refractivity contribution is -0.184. The molecule has 5 aliphatic heterocycles. The number of aromatic amines is 5. The van der Waals surface area contributed by atoms with Crippen molar-refractivity contribution in [1.82, 2.24) is 68.6 Å². The third-order valence-corrected chi connectivity index (χ3v) is 29.1. The van der Waals surface area contributed by atoms with Crippen LogP contribution < -0.4 is 60.8 Å². The number of carbonyl (C=O) groups excluding carboxylic acids is 3. The summed E-state index contributed by atoms with van der Waals surface area (Å²) in [5, 5.41) is 111. The first-order valence-corrected chi connectivity index (χ1v) is 57.1. The zero-order chi connectivity index (χ0) is 97.7. The standard InChI is InChI=1S/C17H25F3N3O6P.C16H26N3O6P.C16H26N3O5PS.C15H26N3O5P.C15H25N2O4PS/c1-22(15(27)17(18,19)20)7-9-8-23(16(28)21-13(9)26)14-12(25)11(24)10(29-14)5-6-30(2,3)4;1-9(20)17-7-10-8-19(16(24)18-14(10)23)15-13(22)12(21)11(25-15)5-6-26(2,3)4;1-9(20)17-7-10-8-19(16(26)18-14(10)23)15-13(22)12(21)11(24-15)5-6-25(2,3)4;1-16-7-9-8-18(15(22)17-13(9)21)14-12(20)11(19)10(23-14)5-6-24(2,3)4;1-5-9-8-17(15(23)16-13(9)20)14-12(19)11(18)10(21-14)6-7-22(2,3)4/h8,10-12,14,24-25H,2,5-7H2,1,3-4H3,(H,21,26,28);8,11-13,15,21-22H,2,5-7H2,1,3-4H3,(H,17,20)(H,18,23,24);8,11-13,15,21-22H,2,5-7H2,1,3-4H3,(H,17,20)(H,18,23,26);8,10-12,14,16,19-20H,2,5-7H2,1,3-4H3,(H,17,21,22);8,10-12,14,18-19H,2,5-7H2,1,3-4H3,(H,16,20,23)/t10-,11-,12-,14-;2*11-,12-,13-,15-;2*10-,11-,12-,14-/m11111/s1. The van der Waals surface area contributed by atoms with Gasteiger partial charge in [-0.05, 0) is 167 Å². The molecule has 0 aromatic carbocycles. The molecule has 728 valence electrons. The largest absolute Gasteiger partial charge is 0.471 e. The van der Waals surface area contributed by atoms with E-state index >= 15 is 0 Å². The van der Waals surface area contributed by atoms with Crippen molar-refractivity contribution in [3.05, 3.63) is 152 Å². The topological polar surface area (TPSA) is 579 Å². The number of H-pyrrole nitrogens is 5. The maximum atomic E-state index is 12.6. The van der Waals surface area contributed by atoms with E-state index in [-0.39, 0.29) is 68.1 Å². The summed E-state index contributed by atoms with van der Waals surface area (Å²) in [7, 11) is 2.54. The zero-order valence-electron chi connectivity index (χ0n) is 74.9. The average Bonchev–Trinajstić information content (AvgIpc) is 1.68. The molecule has 5 fully saturated rings. The van der Waals surface area contributed by atoms with Crippen molar-refractivity contribution >= 4 is 108 Å². The molecule has 0 radical (unpaired) electrons. The predicted octanol–water partition coefficient (Wildman–Crippen LogP) is -0.911. The molecule has 3 amide bonds. The molecule has 5 aliphatic rings. The van der Waals surface area contributed by atoms with Gasteiger partial charge in [-0.15, -0.1) is 65.9 Å². The molecule has 5 saturated heterocycles. The Kier molecular flexibility index (Phi) is 40.0. The summed E-state index contributed by atoms with van der Waals surface area (Å²) in [4.78, 5) is 141. The Bertz CT molecular complexity index is 5510. The highest BCUT2D eigenvalue weighted by Crippen LogP contribution is 2.45. The normalized spacial score (nSPS) is 26.4. The molecule has 10 rings (SSSR count). The Morgan fingerprint density at radius 2 is 0.628 bits per heavy atom. The van der Waals surface area contributed by atoms with E-state index in [4.69, 9.17) is 48.1 Å². The maximum absolute atomic E-state index is 12.6. The first-order valence-electron chi connectivity index (χ1n) is 41.0. The van der Waals surface area contributed by atoms with Crippen LogP contribution in [-0.2, 0) is 70.7 Å². The van der Waals surface area contributed by atoms with Crippen LogP contribution in [0.2, 0.25) is 0 Å². The molecular formula is C79H128F3N14O26P5S2. The van der Waals surface area contributed by atoms with Gasteiger partial charge in [0.15, 0.2) is 40.7 Å². The van der Waals surface area contributed by atoms with Crippen LogP contribution in [-0.4, -0.2) is 362 Å². The number of aryl methyl sites for hydroxylation is 1. The van der Waals surface area contributed by atoms with Crippen LogP contribution in [0.5, 0.6) is 0 Å². The third-order valence-electron chi connectivity index (χ3n) is 21.2. The maximum Gasteiger partial charge on any atom is 0.471 e. The third kappa shape index (κ3) is 32.0. The minimum absolute atomic E-state index is 0.0231. The minimum atomic E-state index is -5.12. The number of ether oxygens (including phenoxy) is 5. The highest BCUT2D eigenvalue weighted by atomic mass is 32.1. The number of rotatable bonds is 29. The number of carbonyl (C=O) groups is 3. The van der Waals surface area contributed by atoms with E-state index in [1.165, 1.54) is 41.6 Å². The second kappa shape index (κ2) is 46.5. The Morgan fingerprint density at radius 1 is 0.403 bits per heavy atom. The number of aliphatic hydroxyl groups is 10. The average molecular weight is 1970 g/mol. The van der Waals surface area contributed by atoms with Gasteiger partial charge >= 0.3 is 29.2 Å². The van der Waals surface area contributed by atoms with Gasteiger partial charge in [0, 0.05) is 82.6 Å². The molecule has 50 heteroatoms. The van der Waals surface area contributed by atoms with E-state index in [0.29, 0.717) is 55.8 Å². The summed E-state index contributed by atoms with van der Waals surface area (Å²) in [5.41, 5.74) is -4.19. The lowest BCUT2D eigenvalue weighted by Gasteiger charge is -2.21. The highest BCUT2D eigenvalue weighted by molar-refractivity contribution is 7.73. The van der Waals surface area contributed by atoms with E-state index in [1.54, 1.807) is 13.2 Å². The Balaban J connectivity index is 0.000000249. The Labute approximate surface area is 752 Å². The summed E-state index contributed by atoms with van der Waals surface area (Å²) >= 11 is 10.3. The van der Waals surface area contributed by atoms with Gasteiger partial charge in [0.1, 0.15) is 61.0 Å². The van der Waals surface area contributed by atoms with E-state index < -0.39 is 215 Å². The van der Waals surface area contributed by atoms with Gasteiger partial charge in [-0.2, -0.15) is 13.2 Å². The molecule has 0 spiro atoms. The van der Waals surface area contributed by atoms with Crippen molar-refractivity contribution in [3.63, 3.8) is 0 Å². The van der Waals surface area contributed by atoms with E-state index in [0.717, 1.165) is 51.6 Å². The number of hydrogen-bond acceptors (Lipinski definition) is 29. The molecule has 0 bridgehead atoms. The van der Waals surface area contributed by atoms with Crippen LogP contribution in [0, 0.1) is 9.54 Å². The molecular weight excluding hydrogens is 1840 g/mol. The summed E-state index contributed by atoms with van der Waals surface area (Å²) in [6, 6.07) is 0. The molecule has 0 unspecified atom stereocenters. The van der Waals surface area contributed by atoms with Crippen molar-refractivity contribution in [1.29, 1.82) is 0 Å². The smallest absolute Gasteiger partial charge is 0.388 e. The van der Waals surface area contributed by atoms with Crippen molar-refractivity contribution in [3.8, 4) is 0 Å².